The predicted octanol–water partition coefficient (Wildman–Crippen LogP) is -0.0182. The van der Waals surface area contributed by atoms with E-state index in [0.717, 1.165) is 11.3 Å². The average Bonchev–Trinajstić information content (AvgIpc) is 2.35. The van der Waals surface area contributed by atoms with Gasteiger partial charge in [0.2, 0.25) is 5.96 Å². The Bertz CT molecular complexity index is 379. The van der Waals surface area contributed by atoms with Gasteiger partial charge in [-0.05, 0) is 12.1 Å². The van der Waals surface area contributed by atoms with Crippen molar-refractivity contribution in [3.8, 4) is 11.5 Å². The molecule has 88 valence electrons. The standard InChI is InChI=1S/C10H16N4O2/c1-15-8-4-3-7(9(5-8)16-2)6-13-10(11)14-12/h3-5H,6,12H2,1-2H3,(H3,11,13,14). The van der Waals surface area contributed by atoms with Gasteiger partial charge in [-0.2, -0.15) is 0 Å². The highest BCUT2D eigenvalue weighted by Crippen LogP contribution is 2.24. The van der Waals surface area contributed by atoms with Crippen LogP contribution in [-0.2, 0) is 6.54 Å². The number of rotatable bonds is 4. The van der Waals surface area contributed by atoms with Crippen molar-refractivity contribution in [2.45, 2.75) is 6.54 Å². The summed E-state index contributed by atoms with van der Waals surface area (Å²) >= 11 is 0. The number of nitrogens with zero attached hydrogens (tertiary/aromatic N) is 1. The summed E-state index contributed by atoms with van der Waals surface area (Å²) in [6, 6.07) is 5.49. The van der Waals surface area contributed by atoms with E-state index in [9.17, 15) is 0 Å². The van der Waals surface area contributed by atoms with Crippen LogP contribution in [0.4, 0.5) is 0 Å². The van der Waals surface area contributed by atoms with Crippen molar-refractivity contribution in [2.24, 2.45) is 16.6 Å². The molecule has 0 bridgehead atoms. The van der Waals surface area contributed by atoms with Gasteiger partial charge >= 0.3 is 0 Å². The maximum absolute atomic E-state index is 5.42. The summed E-state index contributed by atoms with van der Waals surface area (Å²) in [4.78, 5) is 4.01. The van der Waals surface area contributed by atoms with Crippen molar-refractivity contribution in [1.82, 2.24) is 5.43 Å². The first-order valence-corrected chi connectivity index (χ1v) is 4.68. The molecule has 0 saturated carbocycles. The third kappa shape index (κ3) is 3.03. The lowest BCUT2D eigenvalue weighted by atomic mass is 10.2. The second-order valence-electron chi connectivity index (χ2n) is 3.02. The summed E-state index contributed by atoms with van der Waals surface area (Å²) in [6.45, 7) is 0.392. The van der Waals surface area contributed by atoms with Crippen LogP contribution in [0.15, 0.2) is 23.2 Å². The highest BCUT2D eigenvalue weighted by Gasteiger charge is 2.04. The first-order chi connectivity index (χ1) is 7.71. The van der Waals surface area contributed by atoms with Gasteiger partial charge in [0.1, 0.15) is 11.5 Å². The number of guanidine groups is 1. The molecule has 1 aromatic rings. The molecular formula is C10H16N4O2. The predicted molar refractivity (Wildman–Crippen MR) is 62.2 cm³/mol. The maximum atomic E-state index is 5.42. The molecule has 1 aromatic carbocycles. The molecule has 0 fully saturated rings. The third-order valence-corrected chi connectivity index (χ3v) is 2.06. The van der Waals surface area contributed by atoms with Crippen molar-refractivity contribution >= 4 is 5.96 Å². The van der Waals surface area contributed by atoms with E-state index in [-0.39, 0.29) is 5.96 Å². The number of benzene rings is 1. The minimum Gasteiger partial charge on any atom is -0.497 e. The number of hydrazine groups is 1. The third-order valence-electron chi connectivity index (χ3n) is 2.06. The summed E-state index contributed by atoms with van der Waals surface area (Å²) in [7, 11) is 3.19. The number of nitrogens with one attached hydrogen (secondary N) is 1. The lowest BCUT2D eigenvalue weighted by Crippen LogP contribution is -2.37. The monoisotopic (exact) mass is 224 g/mol. The second kappa shape index (κ2) is 5.82. The summed E-state index contributed by atoms with van der Waals surface area (Å²) in [5, 5.41) is 0. The molecule has 0 heterocycles. The zero-order valence-corrected chi connectivity index (χ0v) is 9.36. The van der Waals surface area contributed by atoms with Crippen LogP contribution in [0.5, 0.6) is 11.5 Å². The molecule has 0 unspecified atom stereocenters. The van der Waals surface area contributed by atoms with Crippen molar-refractivity contribution in [3.05, 3.63) is 23.8 Å². The summed E-state index contributed by atoms with van der Waals surface area (Å²) in [5.74, 6) is 6.71. The van der Waals surface area contributed by atoms with Crippen molar-refractivity contribution in [1.29, 1.82) is 0 Å². The van der Waals surface area contributed by atoms with Crippen LogP contribution in [-0.4, -0.2) is 20.2 Å². The normalized spacial score (nSPS) is 11.1. The zero-order chi connectivity index (χ0) is 12.0. The van der Waals surface area contributed by atoms with Crippen molar-refractivity contribution < 1.29 is 9.47 Å². The molecule has 0 aliphatic heterocycles. The van der Waals surface area contributed by atoms with E-state index in [4.69, 9.17) is 21.1 Å². The van der Waals surface area contributed by atoms with Gasteiger partial charge in [0, 0.05) is 11.6 Å². The fourth-order valence-electron chi connectivity index (χ4n) is 1.20. The molecule has 0 aromatic heterocycles. The Labute approximate surface area is 94.2 Å². The fourth-order valence-corrected chi connectivity index (χ4v) is 1.20. The number of hydrogen-bond acceptors (Lipinski definition) is 4. The van der Waals surface area contributed by atoms with Crippen LogP contribution < -0.4 is 26.5 Å². The average molecular weight is 224 g/mol. The van der Waals surface area contributed by atoms with Gasteiger partial charge in [0.05, 0.1) is 20.8 Å². The quantitative estimate of drug-likeness (QED) is 0.289. The van der Waals surface area contributed by atoms with Crippen LogP contribution in [0.25, 0.3) is 0 Å². The molecule has 0 saturated heterocycles. The largest absolute Gasteiger partial charge is 0.497 e. The summed E-state index contributed by atoms with van der Waals surface area (Å²) in [6.07, 6.45) is 0. The van der Waals surface area contributed by atoms with Gasteiger partial charge in [-0.1, -0.05) is 0 Å². The fraction of sp³-hybridized carbons (Fsp3) is 0.300. The molecule has 0 aliphatic rings. The lowest BCUT2D eigenvalue weighted by molar-refractivity contribution is 0.391. The topological polar surface area (TPSA) is 94.9 Å². The second-order valence-corrected chi connectivity index (χ2v) is 3.02. The van der Waals surface area contributed by atoms with Crippen LogP contribution in [0.2, 0.25) is 0 Å². The van der Waals surface area contributed by atoms with Gasteiger partial charge in [-0.15, -0.1) is 0 Å². The Hall–Kier alpha value is -1.95. The van der Waals surface area contributed by atoms with Crippen LogP contribution in [0, 0.1) is 0 Å². The van der Waals surface area contributed by atoms with Gasteiger partial charge < -0.3 is 15.2 Å². The van der Waals surface area contributed by atoms with Gasteiger partial charge in [0.25, 0.3) is 0 Å². The first kappa shape index (κ1) is 12.1. The Balaban J connectivity index is 2.87. The Morgan fingerprint density at radius 1 is 1.38 bits per heavy atom. The van der Waals surface area contributed by atoms with E-state index in [2.05, 4.69) is 10.4 Å². The van der Waals surface area contributed by atoms with E-state index >= 15 is 0 Å². The molecule has 0 aliphatic carbocycles. The Morgan fingerprint density at radius 3 is 2.69 bits per heavy atom. The zero-order valence-electron chi connectivity index (χ0n) is 9.36. The molecule has 0 atom stereocenters. The number of nitrogens with two attached hydrogens (primary N) is 2. The minimum atomic E-state index is 0.179. The minimum absolute atomic E-state index is 0.179. The molecule has 1 rings (SSSR count). The molecule has 0 spiro atoms. The molecular weight excluding hydrogens is 208 g/mol. The van der Waals surface area contributed by atoms with Gasteiger partial charge in [0.15, 0.2) is 0 Å². The summed E-state index contributed by atoms with van der Waals surface area (Å²) < 4.78 is 10.3. The molecule has 6 nitrogen and oxygen atoms in total. The lowest BCUT2D eigenvalue weighted by Gasteiger charge is -2.08. The maximum Gasteiger partial charge on any atom is 0.203 e. The van der Waals surface area contributed by atoms with E-state index in [1.165, 1.54) is 0 Å². The van der Waals surface area contributed by atoms with E-state index < -0.39 is 0 Å². The van der Waals surface area contributed by atoms with Gasteiger partial charge in [-0.3, -0.25) is 5.43 Å². The SMILES string of the molecule is COc1ccc(CN=C(N)NN)c(OC)c1. The number of aliphatic imine (C=N–C) groups is 1. The molecule has 5 N–H and O–H groups in total. The highest BCUT2D eigenvalue weighted by atomic mass is 16.5. The van der Waals surface area contributed by atoms with Crippen LogP contribution >= 0.6 is 0 Å². The number of methoxy groups -OCH3 is 2. The molecule has 6 heteroatoms. The summed E-state index contributed by atoms with van der Waals surface area (Å²) in [5.41, 5.74) is 8.58. The van der Waals surface area contributed by atoms with Crippen LogP contribution in [0.3, 0.4) is 0 Å². The van der Waals surface area contributed by atoms with Gasteiger partial charge in [-0.25, -0.2) is 10.8 Å². The molecule has 0 radical (unpaired) electrons. The molecule has 16 heavy (non-hydrogen) atoms. The van der Waals surface area contributed by atoms with E-state index in [1.807, 2.05) is 12.1 Å². The molecule has 0 amide bonds. The highest BCUT2D eigenvalue weighted by molar-refractivity contribution is 5.77. The van der Waals surface area contributed by atoms with E-state index in [0.29, 0.717) is 12.3 Å². The smallest absolute Gasteiger partial charge is 0.203 e. The van der Waals surface area contributed by atoms with Crippen molar-refractivity contribution in [3.63, 3.8) is 0 Å². The van der Waals surface area contributed by atoms with E-state index in [1.54, 1.807) is 20.3 Å². The number of hydrogen-bond donors (Lipinski definition) is 3. The first-order valence-electron chi connectivity index (χ1n) is 4.68. The number of ether oxygens (including phenoxy) is 2. The Morgan fingerprint density at radius 2 is 2.12 bits per heavy atom. The van der Waals surface area contributed by atoms with Crippen LogP contribution in [0.1, 0.15) is 5.56 Å². The Kier molecular flexibility index (Phi) is 4.41. The van der Waals surface area contributed by atoms with Crippen molar-refractivity contribution in [2.75, 3.05) is 14.2 Å².